The Bertz CT molecular complexity index is 922. The molecule has 5 heteroatoms. The zero-order valence-corrected chi connectivity index (χ0v) is 12.1. The van der Waals surface area contributed by atoms with Crippen molar-refractivity contribution in [1.29, 1.82) is 5.26 Å². The highest BCUT2D eigenvalue weighted by Crippen LogP contribution is 2.16. The summed E-state index contributed by atoms with van der Waals surface area (Å²) in [5.74, 6) is -0.320. The molecule has 0 unspecified atom stereocenters. The Morgan fingerprint density at radius 2 is 1.70 bits per heavy atom. The molecular weight excluding hydrogens is 293 g/mol. The number of aromatic nitrogens is 2. The normalized spacial score (nSPS) is 10.3. The summed E-state index contributed by atoms with van der Waals surface area (Å²) in [6.45, 7) is 0.305. The van der Waals surface area contributed by atoms with Gasteiger partial charge in [-0.15, -0.1) is 0 Å². The van der Waals surface area contributed by atoms with Crippen molar-refractivity contribution in [1.82, 2.24) is 9.78 Å². The van der Waals surface area contributed by atoms with Crippen LogP contribution in [0.15, 0.2) is 65.5 Å². The van der Waals surface area contributed by atoms with E-state index in [9.17, 15) is 9.18 Å². The number of hydrogen-bond donors (Lipinski definition) is 0. The lowest BCUT2D eigenvalue weighted by Crippen LogP contribution is -2.22. The Morgan fingerprint density at radius 1 is 1.00 bits per heavy atom. The standard InChI is InChI=1S/C18H12FN3O/c19-16-7-5-15(6-8-16)17-9-10-18(23)22(21-17)12-14-3-1-13(11-20)2-4-14/h1-10H,12H2. The van der Waals surface area contributed by atoms with Gasteiger partial charge in [0.25, 0.3) is 5.56 Å². The number of benzene rings is 2. The molecule has 0 bridgehead atoms. The summed E-state index contributed by atoms with van der Waals surface area (Å²) < 4.78 is 14.3. The van der Waals surface area contributed by atoms with Gasteiger partial charge in [0.2, 0.25) is 0 Å². The minimum absolute atomic E-state index is 0.222. The molecule has 0 saturated heterocycles. The minimum atomic E-state index is -0.320. The van der Waals surface area contributed by atoms with Gasteiger partial charge in [0, 0.05) is 11.6 Å². The van der Waals surface area contributed by atoms with E-state index in [1.165, 1.54) is 22.9 Å². The summed E-state index contributed by atoms with van der Waals surface area (Å²) >= 11 is 0. The predicted molar refractivity (Wildman–Crippen MR) is 84.2 cm³/mol. The van der Waals surface area contributed by atoms with E-state index in [-0.39, 0.29) is 11.4 Å². The molecule has 0 aliphatic carbocycles. The Balaban J connectivity index is 1.92. The minimum Gasteiger partial charge on any atom is -0.268 e. The maximum atomic E-state index is 13.0. The van der Waals surface area contributed by atoms with Gasteiger partial charge in [0.15, 0.2) is 0 Å². The van der Waals surface area contributed by atoms with E-state index in [1.54, 1.807) is 42.5 Å². The average molecular weight is 305 g/mol. The van der Waals surface area contributed by atoms with Crippen molar-refractivity contribution in [3.05, 3.63) is 88.0 Å². The predicted octanol–water partition coefficient (Wildman–Crippen LogP) is 2.97. The third-order valence-electron chi connectivity index (χ3n) is 3.42. The molecule has 112 valence electrons. The van der Waals surface area contributed by atoms with Crippen LogP contribution in [0.5, 0.6) is 0 Å². The molecule has 0 aliphatic heterocycles. The molecule has 1 heterocycles. The highest BCUT2D eigenvalue weighted by molar-refractivity contribution is 5.57. The Kier molecular flexibility index (Phi) is 3.98. The Labute approximate surface area is 132 Å². The molecule has 0 atom stereocenters. The number of nitriles is 1. The topological polar surface area (TPSA) is 58.7 Å². The van der Waals surface area contributed by atoms with Gasteiger partial charge in [0.05, 0.1) is 23.9 Å². The van der Waals surface area contributed by atoms with Crippen molar-refractivity contribution in [3.63, 3.8) is 0 Å². The first-order valence-electron chi connectivity index (χ1n) is 6.99. The van der Waals surface area contributed by atoms with Crippen LogP contribution < -0.4 is 5.56 Å². The van der Waals surface area contributed by atoms with Crippen LogP contribution in [0.1, 0.15) is 11.1 Å². The molecule has 0 N–H and O–H groups in total. The van der Waals surface area contributed by atoms with E-state index in [0.717, 1.165) is 11.1 Å². The van der Waals surface area contributed by atoms with Crippen LogP contribution in [0.2, 0.25) is 0 Å². The van der Waals surface area contributed by atoms with E-state index in [0.29, 0.717) is 17.8 Å². The van der Waals surface area contributed by atoms with Crippen LogP contribution in [0.3, 0.4) is 0 Å². The molecule has 4 nitrogen and oxygen atoms in total. The molecule has 0 fully saturated rings. The third kappa shape index (κ3) is 3.33. The van der Waals surface area contributed by atoms with Gasteiger partial charge in [-0.05, 0) is 48.0 Å². The van der Waals surface area contributed by atoms with Crippen molar-refractivity contribution in [2.45, 2.75) is 6.54 Å². The van der Waals surface area contributed by atoms with Gasteiger partial charge >= 0.3 is 0 Å². The van der Waals surface area contributed by atoms with Crippen molar-refractivity contribution in [2.75, 3.05) is 0 Å². The molecule has 0 amide bonds. The average Bonchev–Trinajstić information content (AvgIpc) is 2.58. The van der Waals surface area contributed by atoms with Gasteiger partial charge in [-0.2, -0.15) is 10.4 Å². The second kappa shape index (κ2) is 6.24. The molecule has 0 spiro atoms. The van der Waals surface area contributed by atoms with Crippen LogP contribution in [-0.4, -0.2) is 9.78 Å². The van der Waals surface area contributed by atoms with Gasteiger partial charge in [-0.25, -0.2) is 9.07 Å². The molecule has 0 radical (unpaired) electrons. The first kappa shape index (κ1) is 14.7. The molecule has 0 saturated carbocycles. The summed E-state index contributed by atoms with van der Waals surface area (Å²) in [5.41, 5.74) is 2.54. The van der Waals surface area contributed by atoms with Crippen molar-refractivity contribution in [2.24, 2.45) is 0 Å². The van der Waals surface area contributed by atoms with Crippen LogP contribution in [0, 0.1) is 17.1 Å². The van der Waals surface area contributed by atoms with E-state index < -0.39 is 0 Å². The van der Waals surface area contributed by atoms with E-state index >= 15 is 0 Å². The zero-order chi connectivity index (χ0) is 16.2. The highest BCUT2D eigenvalue weighted by Gasteiger charge is 2.05. The summed E-state index contributed by atoms with van der Waals surface area (Å²) in [5, 5.41) is 13.1. The zero-order valence-electron chi connectivity index (χ0n) is 12.1. The molecule has 2 aromatic carbocycles. The molecule has 0 aliphatic rings. The van der Waals surface area contributed by atoms with Gasteiger partial charge in [-0.1, -0.05) is 12.1 Å². The lowest BCUT2D eigenvalue weighted by atomic mass is 10.1. The van der Waals surface area contributed by atoms with E-state index in [1.807, 2.05) is 6.07 Å². The number of rotatable bonds is 3. The first-order chi connectivity index (χ1) is 11.2. The van der Waals surface area contributed by atoms with Crippen LogP contribution in [-0.2, 0) is 6.54 Å². The van der Waals surface area contributed by atoms with Crippen molar-refractivity contribution >= 4 is 0 Å². The van der Waals surface area contributed by atoms with Gasteiger partial charge in [-0.3, -0.25) is 4.79 Å². The van der Waals surface area contributed by atoms with E-state index in [4.69, 9.17) is 5.26 Å². The molecule has 3 aromatic rings. The lowest BCUT2D eigenvalue weighted by molar-refractivity contribution is 0.627. The monoisotopic (exact) mass is 305 g/mol. The largest absolute Gasteiger partial charge is 0.268 e. The van der Waals surface area contributed by atoms with Crippen LogP contribution >= 0.6 is 0 Å². The van der Waals surface area contributed by atoms with Crippen LogP contribution in [0.25, 0.3) is 11.3 Å². The van der Waals surface area contributed by atoms with Crippen molar-refractivity contribution in [3.8, 4) is 17.3 Å². The molecule has 23 heavy (non-hydrogen) atoms. The van der Waals surface area contributed by atoms with Crippen LogP contribution in [0.4, 0.5) is 4.39 Å². The molecular formula is C18H12FN3O. The second-order valence-electron chi connectivity index (χ2n) is 5.03. The summed E-state index contributed by atoms with van der Waals surface area (Å²) in [4.78, 5) is 12.0. The maximum Gasteiger partial charge on any atom is 0.267 e. The quantitative estimate of drug-likeness (QED) is 0.747. The van der Waals surface area contributed by atoms with Crippen molar-refractivity contribution < 1.29 is 4.39 Å². The number of hydrogen-bond acceptors (Lipinski definition) is 3. The Hall–Kier alpha value is -3.26. The fourth-order valence-electron chi connectivity index (χ4n) is 2.19. The summed E-state index contributed by atoms with van der Waals surface area (Å²) in [7, 11) is 0. The summed E-state index contributed by atoms with van der Waals surface area (Å²) in [6.07, 6.45) is 0. The second-order valence-corrected chi connectivity index (χ2v) is 5.03. The van der Waals surface area contributed by atoms with E-state index in [2.05, 4.69) is 5.10 Å². The van der Waals surface area contributed by atoms with Gasteiger partial charge < -0.3 is 0 Å². The number of nitrogens with zero attached hydrogens (tertiary/aromatic N) is 3. The van der Waals surface area contributed by atoms with Gasteiger partial charge in [0.1, 0.15) is 5.82 Å². The smallest absolute Gasteiger partial charge is 0.267 e. The summed E-state index contributed by atoms with van der Waals surface area (Å²) in [6, 6.07) is 18.0. The Morgan fingerprint density at radius 3 is 2.35 bits per heavy atom. The maximum absolute atomic E-state index is 13.0. The molecule has 1 aromatic heterocycles. The lowest BCUT2D eigenvalue weighted by Gasteiger charge is -2.07. The highest BCUT2D eigenvalue weighted by atomic mass is 19.1. The first-order valence-corrected chi connectivity index (χ1v) is 6.99. The third-order valence-corrected chi connectivity index (χ3v) is 3.42. The number of halogens is 1. The fraction of sp³-hybridized carbons (Fsp3) is 0.0556. The fourth-order valence-corrected chi connectivity index (χ4v) is 2.19. The molecule has 3 rings (SSSR count). The SMILES string of the molecule is N#Cc1ccc(Cn2nc(-c3ccc(F)cc3)ccc2=O)cc1.